The summed E-state index contributed by atoms with van der Waals surface area (Å²) >= 11 is 0.928. The maximum absolute atomic E-state index is 11.7. The van der Waals surface area contributed by atoms with Gasteiger partial charge in [-0.05, 0) is 11.1 Å². The van der Waals surface area contributed by atoms with Crippen molar-refractivity contribution in [3.05, 3.63) is 0 Å². The van der Waals surface area contributed by atoms with Gasteiger partial charge in [0.15, 0.2) is 0 Å². The summed E-state index contributed by atoms with van der Waals surface area (Å²) in [5, 5.41) is 18.3. The largest absolute Gasteiger partial charge is 0.480 e. The fourth-order valence-electron chi connectivity index (χ4n) is 1.18. The Morgan fingerprint density at radius 2 is 2.24 bits per heavy atom. The SMILES string of the molecule is CC(C)CN(CC(=O)O)C(=O)Nc1nnns1. The summed E-state index contributed by atoms with van der Waals surface area (Å²) in [6.07, 6.45) is 0. The monoisotopic (exact) mass is 259 g/mol. The molecule has 2 amide bonds. The highest BCUT2D eigenvalue weighted by molar-refractivity contribution is 7.09. The molecule has 0 aliphatic rings. The molecule has 17 heavy (non-hydrogen) atoms. The number of amides is 2. The Morgan fingerprint density at radius 1 is 1.53 bits per heavy atom. The van der Waals surface area contributed by atoms with E-state index in [-0.39, 0.29) is 17.6 Å². The van der Waals surface area contributed by atoms with Crippen molar-refractivity contribution in [1.29, 1.82) is 0 Å². The third-order valence-electron chi connectivity index (χ3n) is 1.71. The van der Waals surface area contributed by atoms with Crippen molar-refractivity contribution in [3.63, 3.8) is 0 Å². The van der Waals surface area contributed by atoms with Crippen LogP contribution in [-0.4, -0.2) is 49.9 Å². The van der Waals surface area contributed by atoms with Gasteiger partial charge in [-0.1, -0.05) is 23.4 Å². The predicted molar refractivity (Wildman–Crippen MR) is 60.8 cm³/mol. The van der Waals surface area contributed by atoms with Crippen LogP contribution in [0.4, 0.5) is 9.93 Å². The highest BCUT2D eigenvalue weighted by Gasteiger charge is 2.18. The summed E-state index contributed by atoms with van der Waals surface area (Å²) < 4.78 is 3.49. The first-order valence-electron chi connectivity index (χ1n) is 4.91. The van der Waals surface area contributed by atoms with Crippen LogP contribution < -0.4 is 5.32 Å². The molecule has 0 unspecified atom stereocenters. The average molecular weight is 259 g/mol. The van der Waals surface area contributed by atoms with Gasteiger partial charge in [0.2, 0.25) is 5.13 Å². The Bertz CT molecular complexity index is 381. The molecule has 0 saturated carbocycles. The zero-order valence-electron chi connectivity index (χ0n) is 9.45. The van der Waals surface area contributed by atoms with Crippen LogP contribution in [0, 0.1) is 5.92 Å². The first kappa shape index (κ1) is 13.3. The van der Waals surface area contributed by atoms with Crippen molar-refractivity contribution in [1.82, 2.24) is 19.7 Å². The van der Waals surface area contributed by atoms with Gasteiger partial charge in [0.05, 0.1) is 0 Å². The number of carboxylic acids is 1. The molecule has 8 nitrogen and oxygen atoms in total. The van der Waals surface area contributed by atoms with Crippen LogP contribution in [0.5, 0.6) is 0 Å². The molecule has 0 fully saturated rings. The number of anilines is 1. The van der Waals surface area contributed by atoms with E-state index in [1.807, 2.05) is 13.8 Å². The number of carbonyl (C=O) groups is 2. The highest BCUT2D eigenvalue weighted by atomic mass is 32.1. The number of carboxylic acid groups (broad SMARTS) is 1. The first-order chi connectivity index (χ1) is 7.99. The van der Waals surface area contributed by atoms with E-state index in [0.717, 1.165) is 11.5 Å². The second-order valence-electron chi connectivity index (χ2n) is 3.77. The molecule has 0 saturated heterocycles. The Hall–Kier alpha value is -1.77. The molecule has 1 heterocycles. The normalized spacial score (nSPS) is 10.3. The molecule has 0 aliphatic carbocycles. The maximum atomic E-state index is 11.7. The standard InChI is InChI=1S/C8H13N5O3S/c1-5(2)3-13(4-6(14)15)8(16)9-7-10-11-12-17-7/h5H,3-4H2,1-2H3,(H,14,15)(H,9,10,12,16). The number of nitrogens with one attached hydrogen (secondary N) is 1. The van der Waals surface area contributed by atoms with E-state index < -0.39 is 12.0 Å². The molecule has 0 atom stereocenters. The van der Waals surface area contributed by atoms with Crippen LogP contribution in [0.2, 0.25) is 0 Å². The van der Waals surface area contributed by atoms with Crippen LogP contribution in [0.25, 0.3) is 0 Å². The molecule has 0 aromatic carbocycles. The van der Waals surface area contributed by atoms with E-state index in [9.17, 15) is 9.59 Å². The van der Waals surface area contributed by atoms with Gasteiger partial charge in [0, 0.05) is 18.1 Å². The van der Waals surface area contributed by atoms with Crippen molar-refractivity contribution in [2.75, 3.05) is 18.4 Å². The van der Waals surface area contributed by atoms with Crippen LogP contribution in [0.15, 0.2) is 0 Å². The van der Waals surface area contributed by atoms with E-state index in [1.54, 1.807) is 0 Å². The Morgan fingerprint density at radius 3 is 2.71 bits per heavy atom. The summed E-state index contributed by atoms with van der Waals surface area (Å²) in [6, 6.07) is -0.514. The molecule has 0 aliphatic heterocycles. The summed E-state index contributed by atoms with van der Waals surface area (Å²) in [5.74, 6) is -0.885. The lowest BCUT2D eigenvalue weighted by molar-refractivity contribution is -0.137. The Balaban J connectivity index is 2.61. The average Bonchev–Trinajstić information content (AvgIpc) is 2.67. The number of aliphatic carboxylic acids is 1. The molecule has 1 rings (SSSR count). The quantitative estimate of drug-likeness (QED) is 0.797. The lowest BCUT2D eigenvalue weighted by Crippen LogP contribution is -2.40. The number of urea groups is 1. The highest BCUT2D eigenvalue weighted by Crippen LogP contribution is 2.07. The summed E-state index contributed by atoms with van der Waals surface area (Å²) in [7, 11) is 0. The van der Waals surface area contributed by atoms with Crippen LogP contribution in [-0.2, 0) is 4.79 Å². The third-order valence-corrected chi connectivity index (χ3v) is 2.22. The number of hydrogen-bond donors (Lipinski definition) is 2. The summed E-state index contributed by atoms with van der Waals surface area (Å²) in [5.41, 5.74) is 0. The molecule has 9 heteroatoms. The van der Waals surface area contributed by atoms with Gasteiger partial charge in [-0.2, -0.15) is 0 Å². The minimum atomic E-state index is -1.06. The second-order valence-corrected chi connectivity index (χ2v) is 4.50. The molecule has 0 radical (unpaired) electrons. The first-order valence-corrected chi connectivity index (χ1v) is 5.69. The minimum absolute atomic E-state index is 0.174. The maximum Gasteiger partial charge on any atom is 0.324 e. The van der Waals surface area contributed by atoms with Gasteiger partial charge < -0.3 is 10.0 Å². The number of hydrogen-bond acceptors (Lipinski definition) is 6. The number of nitrogens with zero attached hydrogens (tertiary/aromatic N) is 4. The van der Waals surface area contributed by atoms with E-state index in [0.29, 0.717) is 6.54 Å². The molecule has 1 aromatic rings. The van der Waals surface area contributed by atoms with Crippen molar-refractivity contribution < 1.29 is 14.7 Å². The van der Waals surface area contributed by atoms with E-state index in [4.69, 9.17) is 5.11 Å². The van der Waals surface area contributed by atoms with Crippen molar-refractivity contribution in [2.45, 2.75) is 13.8 Å². The van der Waals surface area contributed by atoms with Gasteiger partial charge in [0.1, 0.15) is 6.54 Å². The van der Waals surface area contributed by atoms with Crippen LogP contribution in [0.3, 0.4) is 0 Å². The van der Waals surface area contributed by atoms with Gasteiger partial charge in [-0.25, -0.2) is 4.79 Å². The van der Waals surface area contributed by atoms with E-state index >= 15 is 0 Å². The minimum Gasteiger partial charge on any atom is -0.480 e. The Kier molecular flexibility index (Phi) is 4.76. The zero-order chi connectivity index (χ0) is 12.8. The second kappa shape index (κ2) is 6.09. The van der Waals surface area contributed by atoms with Crippen molar-refractivity contribution >= 4 is 28.7 Å². The van der Waals surface area contributed by atoms with Crippen molar-refractivity contribution in [3.8, 4) is 0 Å². The molecular formula is C8H13N5O3S. The molecular weight excluding hydrogens is 246 g/mol. The molecule has 1 aromatic heterocycles. The predicted octanol–water partition coefficient (Wildman–Crippen LogP) is 0.508. The lowest BCUT2D eigenvalue weighted by atomic mass is 10.2. The smallest absolute Gasteiger partial charge is 0.324 e. The van der Waals surface area contributed by atoms with Gasteiger partial charge in [-0.3, -0.25) is 10.1 Å². The molecule has 0 bridgehead atoms. The topological polar surface area (TPSA) is 108 Å². The molecule has 2 N–H and O–H groups in total. The van der Waals surface area contributed by atoms with Gasteiger partial charge >= 0.3 is 12.0 Å². The van der Waals surface area contributed by atoms with Crippen LogP contribution in [0.1, 0.15) is 13.8 Å². The van der Waals surface area contributed by atoms with Crippen LogP contribution >= 0.6 is 11.5 Å². The molecule has 0 spiro atoms. The number of carbonyl (C=O) groups excluding carboxylic acids is 1. The number of rotatable bonds is 5. The molecule has 94 valence electrons. The van der Waals surface area contributed by atoms with Gasteiger partial charge in [-0.15, -0.1) is 0 Å². The number of aromatic nitrogens is 3. The summed E-state index contributed by atoms with van der Waals surface area (Å²) in [4.78, 5) is 23.6. The zero-order valence-corrected chi connectivity index (χ0v) is 10.3. The van der Waals surface area contributed by atoms with E-state index in [1.165, 1.54) is 4.90 Å². The fourth-order valence-corrected chi connectivity index (χ4v) is 1.53. The van der Waals surface area contributed by atoms with E-state index in [2.05, 4.69) is 20.1 Å². The van der Waals surface area contributed by atoms with Crippen molar-refractivity contribution in [2.24, 2.45) is 5.92 Å². The van der Waals surface area contributed by atoms with Gasteiger partial charge in [0.25, 0.3) is 0 Å². The Labute approximate surface area is 102 Å². The summed E-state index contributed by atoms with van der Waals surface area (Å²) in [6.45, 7) is 3.80. The third kappa shape index (κ3) is 4.72. The fraction of sp³-hybridized carbons (Fsp3) is 0.625. The lowest BCUT2D eigenvalue weighted by Gasteiger charge is -2.22.